The van der Waals surface area contributed by atoms with Crippen LogP contribution in [0.15, 0.2) is 17.8 Å². The molecule has 1 aromatic rings. The first kappa shape index (κ1) is 16.3. The number of hydrogen-bond acceptors (Lipinski definition) is 4. The summed E-state index contributed by atoms with van der Waals surface area (Å²) in [7, 11) is 0. The van der Waals surface area contributed by atoms with Gasteiger partial charge in [-0.25, -0.2) is 4.98 Å². The Morgan fingerprint density at radius 2 is 1.96 bits per heavy atom. The SMILES string of the molecule is O=C(c1cnc(N[C@@H]2CC3=C[C@H]2CC3)c2c1CCCC2)N1CCOCC1. The third kappa shape index (κ3) is 2.82. The van der Waals surface area contributed by atoms with Crippen molar-refractivity contribution < 1.29 is 9.53 Å². The lowest BCUT2D eigenvalue weighted by Gasteiger charge is -2.30. The van der Waals surface area contributed by atoms with E-state index in [4.69, 9.17) is 9.72 Å². The molecule has 3 aliphatic carbocycles. The third-order valence-corrected chi connectivity index (χ3v) is 6.50. The Morgan fingerprint density at radius 1 is 1.15 bits per heavy atom. The number of nitrogens with zero attached hydrogens (tertiary/aromatic N) is 2. The molecule has 1 N–H and O–H groups in total. The average Bonchev–Trinajstić information content (AvgIpc) is 3.32. The van der Waals surface area contributed by atoms with Crippen LogP contribution in [0.5, 0.6) is 0 Å². The summed E-state index contributed by atoms with van der Waals surface area (Å²) in [6.07, 6.45) is 12.4. The molecule has 1 amide bonds. The van der Waals surface area contributed by atoms with E-state index >= 15 is 0 Å². The monoisotopic (exact) mass is 353 g/mol. The van der Waals surface area contributed by atoms with Crippen LogP contribution >= 0.6 is 0 Å². The molecule has 5 nitrogen and oxygen atoms in total. The van der Waals surface area contributed by atoms with Crippen LogP contribution in [0.2, 0.25) is 0 Å². The van der Waals surface area contributed by atoms with Crippen molar-refractivity contribution in [2.45, 2.75) is 51.0 Å². The maximum atomic E-state index is 13.0. The second-order valence-corrected chi connectivity index (χ2v) is 8.07. The zero-order chi connectivity index (χ0) is 17.5. The molecule has 0 unspecified atom stereocenters. The van der Waals surface area contributed by atoms with E-state index in [0.29, 0.717) is 38.3 Å². The number of hydrogen-bond donors (Lipinski definition) is 1. The fourth-order valence-corrected chi connectivity index (χ4v) is 5.07. The van der Waals surface area contributed by atoms with Crippen LogP contribution in [0.25, 0.3) is 0 Å². The maximum Gasteiger partial charge on any atom is 0.255 e. The molecule has 0 aromatic carbocycles. The number of nitrogens with one attached hydrogen (secondary N) is 1. The fraction of sp³-hybridized carbons (Fsp3) is 0.619. The Morgan fingerprint density at radius 3 is 2.69 bits per heavy atom. The molecule has 1 saturated heterocycles. The van der Waals surface area contributed by atoms with Crippen molar-refractivity contribution >= 4 is 11.7 Å². The molecule has 1 aliphatic heterocycles. The van der Waals surface area contributed by atoms with E-state index in [9.17, 15) is 4.79 Å². The number of aromatic nitrogens is 1. The van der Waals surface area contributed by atoms with Crippen LogP contribution < -0.4 is 5.32 Å². The molecule has 5 rings (SSSR count). The van der Waals surface area contributed by atoms with E-state index in [1.807, 2.05) is 11.1 Å². The minimum atomic E-state index is 0.134. The zero-order valence-corrected chi connectivity index (χ0v) is 15.3. The van der Waals surface area contributed by atoms with Gasteiger partial charge in [0, 0.05) is 25.3 Å². The number of carbonyl (C=O) groups excluding carboxylic acids is 1. The van der Waals surface area contributed by atoms with Gasteiger partial charge in [-0.15, -0.1) is 0 Å². The summed E-state index contributed by atoms with van der Waals surface area (Å²) >= 11 is 0. The number of rotatable bonds is 3. The summed E-state index contributed by atoms with van der Waals surface area (Å²) in [6.45, 7) is 2.65. The normalized spacial score (nSPS) is 27.2. The lowest BCUT2D eigenvalue weighted by Crippen LogP contribution is -2.41. The van der Waals surface area contributed by atoms with Gasteiger partial charge in [-0.2, -0.15) is 0 Å². The van der Waals surface area contributed by atoms with Gasteiger partial charge in [0.15, 0.2) is 0 Å². The van der Waals surface area contributed by atoms with Crippen molar-refractivity contribution in [3.8, 4) is 0 Å². The lowest BCUT2D eigenvalue weighted by atomic mass is 9.88. The van der Waals surface area contributed by atoms with E-state index in [1.54, 1.807) is 5.57 Å². The van der Waals surface area contributed by atoms with Gasteiger partial charge >= 0.3 is 0 Å². The van der Waals surface area contributed by atoms with Crippen molar-refractivity contribution in [3.63, 3.8) is 0 Å². The molecule has 4 aliphatic rings. The Balaban J connectivity index is 1.42. The van der Waals surface area contributed by atoms with Gasteiger partial charge in [-0.1, -0.05) is 11.6 Å². The second kappa shape index (κ2) is 6.69. The summed E-state index contributed by atoms with van der Waals surface area (Å²) in [5.74, 6) is 1.83. The van der Waals surface area contributed by atoms with Gasteiger partial charge in [0.1, 0.15) is 5.82 Å². The molecule has 1 aromatic heterocycles. The number of carbonyl (C=O) groups is 1. The molecule has 0 spiro atoms. The van der Waals surface area contributed by atoms with Gasteiger partial charge in [0.2, 0.25) is 0 Å². The summed E-state index contributed by atoms with van der Waals surface area (Å²) in [4.78, 5) is 19.7. The number of pyridine rings is 1. The first-order chi connectivity index (χ1) is 12.8. The number of ether oxygens (including phenoxy) is 1. The standard InChI is InChI=1S/C21H27N3O2/c25-21(24-7-9-26-10-8-24)18-13-22-20(17-4-2-1-3-16(17)18)23-19-12-14-5-6-15(19)11-14/h11,13,15,19H,1-10,12H2,(H,22,23)/t15-,19-/m1/s1. The molecule has 0 radical (unpaired) electrons. The first-order valence-electron chi connectivity index (χ1n) is 10.1. The van der Waals surface area contributed by atoms with E-state index in [-0.39, 0.29) is 5.91 Å². The Labute approximate surface area is 154 Å². The number of amides is 1. The quantitative estimate of drug-likeness (QED) is 0.849. The van der Waals surface area contributed by atoms with Crippen molar-refractivity contribution in [1.82, 2.24) is 9.88 Å². The summed E-state index contributed by atoms with van der Waals surface area (Å²) in [6, 6.07) is 0.498. The van der Waals surface area contributed by atoms with Crippen LogP contribution in [0.3, 0.4) is 0 Å². The highest BCUT2D eigenvalue weighted by Crippen LogP contribution is 2.41. The van der Waals surface area contributed by atoms with Crippen LogP contribution in [-0.2, 0) is 17.6 Å². The lowest BCUT2D eigenvalue weighted by molar-refractivity contribution is 0.0301. The van der Waals surface area contributed by atoms with Gasteiger partial charge in [0.05, 0.1) is 18.8 Å². The van der Waals surface area contributed by atoms with E-state index < -0.39 is 0 Å². The zero-order valence-electron chi connectivity index (χ0n) is 15.3. The highest BCUT2D eigenvalue weighted by molar-refractivity contribution is 5.96. The van der Waals surface area contributed by atoms with Gasteiger partial charge in [-0.05, 0) is 62.0 Å². The van der Waals surface area contributed by atoms with Gasteiger partial charge in [0.25, 0.3) is 5.91 Å². The summed E-state index contributed by atoms with van der Waals surface area (Å²) in [5, 5.41) is 3.74. The third-order valence-electron chi connectivity index (χ3n) is 6.50. The smallest absolute Gasteiger partial charge is 0.255 e. The molecule has 138 valence electrons. The number of anilines is 1. The number of fused-ring (bicyclic) bond motifs is 2. The molecule has 5 heteroatoms. The molecule has 2 atom stereocenters. The molecule has 2 heterocycles. The minimum absolute atomic E-state index is 0.134. The van der Waals surface area contributed by atoms with Crippen LogP contribution in [0.1, 0.15) is 53.6 Å². The van der Waals surface area contributed by atoms with Crippen LogP contribution in [0, 0.1) is 5.92 Å². The van der Waals surface area contributed by atoms with Crippen molar-refractivity contribution in [1.29, 1.82) is 0 Å². The van der Waals surface area contributed by atoms with Crippen molar-refractivity contribution in [2.24, 2.45) is 5.92 Å². The van der Waals surface area contributed by atoms with Crippen molar-refractivity contribution in [2.75, 3.05) is 31.6 Å². The molecule has 26 heavy (non-hydrogen) atoms. The Kier molecular flexibility index (Phi) is 4.20. The summed E-state index contributed by atoms with van der Waals surface area (Å²) in [5.41, 5.74) is 4.97. The van der Waals surface area contributed by atoms with Crippen LogP contribution in [0.4, 0.5) is 5.82 Å². The average molecular weight is 353 g/mol. The Bertz CT molecular complexity index is 752. The topological polar surface area (TPSA) is 54.5 Å². The predicted octanol–water partition coefficient (Wildman–Crippen LogP) is 2.95. The summed E-state index contributed by atoms with van der Waals surface area (Å²) < 4.78 is 5.39. The van der Waals surface area contributed by atoms with Gasteiger partial charge < -0.3 is 15.0 Å². The number of morpholine rings is 1. The van der Waals surface area contributed by atoms with Crippen molar-refractivity contribution in [3.05, 3.63) is 34.5 Å². The van der Waals surface area contributed by atoms with E-state index in [0.717, 1.165) is 37.1 Å². The highest BCUT2D eigenvalue weighted by Gasteiger charge is 2.34. The van der Waals surface area contributed by atoms with Crippen LogP contribution in [-0.4, -0.2) is 48.1 Å². The van der Waals surface area contributed by atoms with E-state index in [2.05, 4.69) is 11.4 Å². The van der Waals surface area contributed by atoms with E-state index in [1.165, 1.54) is 30.4 Å². The first-order valence-corrected chi connectivity index (χ1v) is 10.1. The molecular formula is C21H27N3O2. The van der Waals surface area contributed by atoms with Gasteiger partial charge in [-0.3, -0.25) is 4.79 Å². The molecule has 0 saturated carbocycles. The fourth-order valence-electron chi connectivity index (χ4n) is 5.07. The second-order valence-electron chi connectivity index (χ2n) is 8.07. The maximum absolute atomic E-state index is 13.0. The Hall–Kier alpha value is -1.88. The minimum Gasteiger partial charge on any atom is -0.378 e. The predicted molar refractivity (Wildman–Crippen MR) is 100 cm³/mol. The molecule has 2 bridgehead atoms. The highest BCUT2D eigenvalue weighted by atomic mass is 16.5. The molecule has 1 fully saturated rings. The largest absolute Gasteiger partial charge is 0.378 e. The molecular weight excluding hydrogens is 326 g/mol.